The van der Waals surface area contributed by atoms with E-state index in [9.17, 15) is 0 Å². The number of para-hydroxylation sites is 2. The van der Waals surface area contributed by atoms with Crippen LogP contribution in [0.25, 0.3) is 11.0 Å². The molecule has 0 radical (unpaired) electrons. The van der Waals surface area contributed by atoms with Gasteiger partial charge in [0.25, 0.3) is 0 Å². The maximum atomic E-state index is 6.02. The van der Waals surface area contributed by atoms with Gasteiger partial charge >= 0.3 is 0 Å². The summed E-state index contributed by atoms with van der Waals surface area (Å²) in [4.78, 5) is 6.96. The van der Waals surface area contributed by atoms with Crippen molar-refractivity contribution < 1.29 is 4.74 Å². The Hall–Kier alpha value is -1.26. The molecule has 0 amide bonds. The third-order valence-electron chi connectivity index (χ3n) is 3.43. The fraction of sp³-hybridized carbons (Fsp3) is 0.462. The summed E-state index contributed by atoms with van der Waals surface area (Å²) in [5.41, 5.74) is 2.17. The van der Waals surface area contributed by atoms with Gasteiger partial charge in [-0.3, -0.25) is 0 Å². The van der Waals surface area contributed by atoms with Gasteiger partial charge in [-0.1, -0.05) is 12.1 Å². The van der Waals surface area contributed by atoms with Crippen LogP contribution in [0, 0.1) is 0 Å². The van der Waals surface area contributed by atoms with Gasteiger partial charge in [-0.05, 0) is 12.1 Å². The monoisotopic (exact) mass is 265 g/mol. The summed E-state index contributed by atoms with van der Waals surface area (Å²) >= 11 is 6.02. The van der Waals surface area contributed by atoms with Crippen LogP contribution in [0.5, 0.6) is 0 Å². The number of hydrogen-bond donors (Lipinski definition) is 0. The van der Waals surface area contributed by atoms with Crippen molar-refractivity contribution in [2.45, 2.75) is 6.04 Å². The van der Waals surface area contributed by atoms with Crippen LogP contribution in [0.1, 0.15) is 0 Å². The highest BCUT2D eigenvalue weighted by atomic mass is 35.5. The fourth-order valence-electron chi connectivity index (χ4n) is 2.44. The maximum absolute atomic E-state index is 6.02. The van der Waals surface area contributed by atoms with E-state index in [0.717, 1.165) is 30.1 Å². The quantitative estimate of drug-likeness (QED) is 0.779. The number of aromatic nitrogens is 2. The molecule has 1 unspecified atom stereocenters. The molecule has 1 atom stereocenters. The van der Waals surface area contributed by atoms with Crippen molar-refractivity contribution in [2.24, 2.45) is 7.05 Å². The minimum Gasteiger partial charge on any atom is -0.377 e. The predicted octanol–water partition coefficient (Wildman–Crippen LogP) is 2.02. The second kappa shape index (κ2) is 4.78. The topological polar surface area (TPSA) is 30.3 Å². The molecule has 2 heterocycles. The molecule has 4 nitrogen and oxygen atoms in total. The van der Waals surface area contributed by atoms with Gasteiger partial charge in [-0.15, -0.1) is 11.6 Å². The number of hydrogen-bond acceptors (Lipinski definition) is 3. The Morgan fingerprint density at radius 2 is 2.28 bits per heavy atom. The number of anilines is 1. The molecule has 3 rings (SSSR count). The van der Waals surface area contributed by atoms with Crippen molar-refractivity contribution in [1.29, 1.82) is 0 Å². The molecular weight excluding hydrogens is 250 g/mol. The molecule has 1 aromatic carbocycles. The highest BCUT2D eigenvalue weighted by Crippen LogP contribution is 2.24. The normalized spacial score (nSPS) is 20.6. The summed E-state index contributed by atoms with van der Waals surface area (Å²) in [6.07, 6.45) is 0. The number of halogens is 1. The Morgan fingerprint density at radius 3 is 3.06 bits per heavy atom. The zero-order valence-corrected chi connectivity index (χ0v) is 11.1. The number of aryl methyl sites for hydroxylation is 1. The Balaban J connectivity index is 2.04. The molecule has 1 saturated heterocycles. The van der Waals surface area contributed by atoms with E-state index >= 15 is 0 Å². The number of nitrogens with zero attached hydrogens (tertiary/aromatic N) is 3. The van der Waals surface area contributed by atoms with Crippen LogP contribution in [0.15, 0.2) is 24.3 Å². The van der Waals surface area contributed by atoms with Crippen LogP contribution < -0.4 is 4.90 Å². The molecule has 0 aliphatic carbocycles. The van der Waals surface area contributed by atoms with E-state index in [4.69, 9.17) is 21.3 Å². The first-order valence-corrected chi connectivity index (χ1v) is 6.66. The summed E-state index contributed by atoms with van der Waals surface area (Å²) < 4.78 is 7.60. The maximum Gasteiger partial charge on any atom is 0.206 e. The van der Waals surface area contributed by atoms with Gasteiger partial charge < -0.3 is 14.2 Å². The minimum atomic E-state index is 0.205. The Labute approximate surface area is 111 Å². The van der Waals surface area contributed by atoms with Gasteiger partial charge in [0, 0.05) is 19.5 Å². The molecule has 5 heteroatoms. The second-order valence-corrected chi connectivity index (χ2v) is 4.84. The third kappa shape index (κ3) is 1.85. The predicted molar refractivity (Wildman–Crippen MR) is 73.4 cm³/mol. The molecule has 2 aromatic rings. The SMILES string of the molecule is Cn1c(N2CCOCC2CCl)nc2ccccc21. The number of imidazole rings is 1. The van der Waals surface area contributed by atoms with E-state index in [1.54, 1.807) is 0 Å². The van der Waals surface area contributed by atoms with E-state index in [-0.39, 0.29) is 6.04 Å². The van der Waals surface area contributed by atoms with Crippen LogP contribution >= 0.6 is 11.6 Å². The highest BCUT2D eigenvalue weighted by molar-refractivity contribution is 6.18. The van der Waals surface area contributed by atoms with E-state index < -0.39 is 0 Å². The smallest absolute Gasteiger partial charge is 0.206 e. The van der Waals surface area contributed by atoms with Crippen molar-refractivity contribution in [3.63, 3.8) is 0 Å². The molecule has 18 heavy (non-hydrogen) atoms. The van der Waals surface area contributed by atoms with E-state index in [1.807, 2.05) is 25.2 Å². The lowest BCUT2D eigenvalue weighted by molar-refractivity contribution is 0.0987. The number of morpholine rings is 1. The van der Waals surface area contributed by atoms with Gasteiger partial charge in [-0.2, -0.15) is 0 Å². The first-order valence-electron chi connectivity index (χ1n) is 6.13. The summed E-state index contributed by atoms with van der Waals surface area (Å²) in [5.74, 6) is 1.54. The van der Waals surface area contributed by atoms with Gasteiger partial charge in [0.2, 0.25) is 5.95 Å². The zero-order valence-electron chi connectivity index (χ0n) is 10.3. The third-order valence-corrected chi connectivity index (χ3v) is 3.78. The molecule has 96 valence electrons. The van der Waals surface area contributed by atoms with Crippen molar-refractivity contribution >= 4 is 28.6 Å². The fourth-order valence-corrected chi connectivity index (χ4v) is 2.69. The van der Waals surface area contributed by atoms with Crippen molar-refractivity contribution in [2.75, 3.05) is 30.5 Å². The summed E-state index contributed by atoms with van der Waals surface area (Å²) in [6, 6.07) is 8.37. The average Bonchev–Trinajstić information content (AvgIpc) is 2.76. The highest BCUT2D eigenvalue weighted by Gasteiger charge is 2.26. The summed E-state index contributed by atoms with van der Waals surface area (Å²) in [6.45, 7) is 2.25. The molecule has 1 aromatic heterocycles. The lowest BCUT2D eigenvalue weighted by Gasteiger charge is -2.35. The van der Waals surface area contributed by atoms with Crippen LogP contribution in [-0.2, 0) is 11.8 Å². The molecule has 1 aliphatic heterocycles. The van der Waals surface area contributed by atoms with Gasteiger partial charge in [0.15, 0.2) is 0 Å². The Morgan fingerprint density at radius 1 is 1.44 bits per heavy atom. The summed E-state index contributed by atoms with van der Waals surface area (Å²) in [7, 11) is 2.05. The number of ether oxygens (including phenoxy) is 1. The summed E-state index contributed by atoms with van der Waals surface area (Å²) in [5, 5.41) is 0. The van der Waals surface area contributed by atoms with Crippen LogP contribution in [-0.4, -0.2) is 41.2 Å². The molecule has 0 bridgehead atoms. The number of benzene rings is 1. The molecule has 0 spiro atoms. The van der Waals surface area contributed by atoms with Gasteiger partial charge in [0.05, 0.1) is 30.3 Å². The lowest BCUT2D eigenvalue weighted by atomic mass is 10.3. The van der Waals surface area contributed by atoms with Crippen LogP contribution in [0.2, 0.25) is 0 Å². The van der Waals surface area contributed by atoms with Crippen molar-refractivity contribution in [3.8, 4) is 0 Å². The zero-order chi connectivity index (χ0) is 12.5. The first kappa shape index (κ1) is 11.8. The van der Waals surface area contributed by atoms with Crippen LogP contribution in [0.3, 0.4) is 0 Å². The Bertz CT molecular complexity index is 554. The number of rotatable bonds is 2. The first-order chi connectivity index (χ1) is 8.81. The van der Waals surface area contributed by atoms with E-state index in [1.165, 1.54) is 0 Å². The number of fused-ring (bicyclic) bond motifs is 1. The molecule has 1 aliphatic rings. The lowest BCUT2D eigenvalue weighted by Crippen LogP contribution is -2.47. The Kier molecular flexibility index (Phi) is 3.14. The standard InChI is InChI=1S/C13H16ClN3O/c1-16-12-5-3-2-4-11(12)15-13(16)17-6-7-18-9-10(17)8-14/h2-5,10H,6-9H2,1H3. The van der Waals surface area contributed by atoms with Gasteiger partial charge in [0.1, 0.15) is 0 Å². The second-order valence-electron chi connectivity index (χ2n) is 4.54. The molecule has 1 fully saturated rings. The number of alkyl halides is 1. The molecule has 0 saturated carbocycles. The largest absolute Gasteiger partial charge is 0.377 e. The average molecular weight is 266 g/mol. The molecule has 0 N–H and O–H groups in total. The van der Waals surface area contributed by atoms with E-state index in [2.05, 4.69) is 15.5 Å². The van der Waals surface area contributed by atoms with Crippen molar-refractivity contribution in [3.05, 3.63) is 24.3 Å². The van der Waals surface area contributed by atoms with Crippen molar-refractivity contribution in [1.82, 2.24) is 9.55 Å². The van der Waals surface area contributed by atoms with Gasteiger partial charge in [-0.25, -0.2) is 4.98 Å². The van der Waals surface area contributed by atoms with E-state index in [0.29, 0.717) is 12.5 Å². The van der Waals surface area contributed by atoms with Crippen LogP contribution in [0.4, 0.5) is 5.95 Å². The minimum absolute atomic E-state index is 0.205. The molecular formula is C13H16ClN3O.